The first-order chi connectivity index (χ1) is 12.7. The molecule has 2 unspecified atom stereocenters. The molecule has 0 aliphatic carbocycles. The lowest BCUT2D eigenvalue weighted by atomic mass is 9.88. The van der Waals surface area contributed by atoms with Crippen molar-refractivity contribution >= 4 is 11.0 Å². The van der Waals surface area contributed by atoms with E-state index in [-0.39, 0.29) is 11.5 Å². The van der Waals surface area contributed by atoms with Crippen molar-refractivity contribution in [2.45, 2.75) is 18.9 Å². The summed E-state index contributed by atoms with van der Waals surface area (Å²) in [4.78, 5) is 14.5. The molecule has 4 heteroatoms. The van der Waals surface area contributed by atoms with E-state index < -0.39 is 0 Å². The molecule has 4 rings (SSSR count). The monoisotopic (exact) mass is 349 g/mol. The highest BCUT2D eigenvalue weighted by Gasteiger charge is 2.29. The third kappa shape index (κ3) is 3.51. The third-order valence-electron chi connectivity index (χ3n) is 5.11. The number of nitrogens with zero attached hydrogens (tertiary/aromatic N) is 1. The number of ether oxygens (including phenoxy) is 1. The largest absolute Gasteiger partial charge is 0.485 e. The van der Waals surface area contributed by atoms with E-state index in [0.29, 0.717) is 22.6 Å². The molecule has 0 N–H and O–H groups in total. The predicted molar refractivity (Wildman–Crippen MR) is 103 cm³/mol. The molecule has 26 heavy (non-hydrogen) atoms. The van der Waals surface area contributed by atoms with Crippen LogP contribution in [-0.4, -0.2) is 25.0 Å². The molecule has 0 saturated carbocycles. The van der Waals surface area contributed by atoms with Crippen molar-refractivity contribution < 1.29 is 9.15 Å². The zero-order valence-electron chi connectivity index (χ0n) is 14.9. The van der Waals surface area contributed by atoms with Gasteiger partial charge < -0.3 is 14.1 Å². The molecular formula is C22H23NO3. The van der Waals surface area contributed by atoms with Crippen molar-refractivity contribution in [1.29, 1.82) is 0 Å². The average molecular weight is 349 g/mol. The van der Waals surface area contributed by atoms with E-state index in [4.69, 9.17) is 9.15 Å². The van der Waals surface area contributed by atoms with Crippen molar-refractivity contribution in [3.05, 3.63) is 76.6 Å². The molecule has 1 aliphatic heterocycles. The maximum atomic E-state index is 12.1. The standard InChI is InChI=1S/C22H23NO3/c1-23-12-5-8-17(15-23)22(16-6-3-2-4-7-16)26-18-9-10-21-19(14-18)20(24)11-13-25-21/h2-4,6-7,9-11,13-14,17,22H,5,8,12,15H2,1H3. The minimum absolute atomic E-state index is 0.0350. The van der Waals surface area contributed by atoms with Gasteiger partial charge in [-0.05, 0) is 50.2 Å². The van der Waals surface area contributed by atoms with Crippen LogP contribution in [0.1, 0.15) is 24.5 Å². The van der Waals surface area contributed by atoms with Gasteiger partial charge in [0.1, 0.15) is 17.4 Å². The number of piperidine rings is 1. The first-order valence-electron chi connectivity index (χ1n) is 9.12. The van der Waals surface area contributed by atoms with Gasteiger partial charge in [-0.25, -0.2) is 0 Å². The van der Waals surface area contributed by atoms with Crippen LogP contribution in [0.4, 0.5) is 0 Å². The van der Waals surface area contributed by atoms with Gasteiger partial charge in [0.25, 0.3) is 0 Å². The van der Waals surface area contributed by atoms with Crippen molar-refractivity contribution in [1.82, 2.24) is 4.90 Å². The minimum atomic E-state index is -0.0506. The lowest BCUT2D eigenvalue weighted by molar-refractivity contribution is 0.0777. The van der Waals surface area contributed by atoms with Gasteiger partial charge in [-0.1, -0.05) is 30.3 Å². The van der Waals surface area contributed by atoms with Gasteiger partial charge in [-0.3, -0.25) is 4.79 Å². The Labute approximate surface area is 153 Å². The number of hydrogen-bond donors (Lipinski definition) is 0. The van der Waals surface area contributed by atoms with Crippen LogP contribution >= 0.6 is 0 Å². The van der Waals surface area contributed by atoms with Crippen LogP contribution in [0.5, 0.6) is 5.75 Å². The fourth-order valence-corrected chi connectivity index (χ4v) is 3.82. The van der Waals surface area contributed by atoms with Gasteiger partial charge in [0.05, 0.1) is 11.6 Å². The molecule has 2 aromatic carbocycles. The molecular weight excluding hydrogens is 326 g/mol. The summed E-state index contributed by atoms with van der Waals surface area (Å²) in [6.07, 6.45) is 3.71. The van der Waals surface area contributed by atoms with Crippen LogP contribution in [0.25, 0.3) is 11.0 Å². The quantitative estimate of drug-likeness (QED) is 0.706. The maximum absolute atomic E-state index is 12.1. The average Bonchev–Trinajstić information content (AvgIpc) is 2.67. The second-order valence-corrected chi connectivity index (χ2v) is 7.06. The second-order valence-electron chi connectivity index (χ2n) is 7.06. The fraction of sp³-hybridized carbons (Fsp3) is 0.318. The van der Waals surface area contributed by atoms with E-state index in [1.54, 1.807) is 12.1 Å². The Hall–Kier alpha value is -2.59. The van der Waals surface area contributed by atoms with Gasteiger partial charge in [-0.2, -0.15) is 0 Å². The SMILES string of the molecule is CN1CCCC(C(Oc2ccc3occc(=O)c3c2)c2ccccc2)C1. The van der Waals surface area contributed by atoms with E-state index >= 15 is 0 Å². The van der Waals surface area contributed by atoms with Crippen LogP contribution in [0.2, 0.25) is 0 Å². The molecule has 4 nitrogen and oxygen atoms in total. The predicted octanol–water partition coefficient (Wildman–Crippen LogP) is 4.25. The van der Waals surface area contributed by atoms with Crippen LogP contribution < -0.4 is 10.2 Å². The number of rotatable bonds is 4. The summed E-state index contributed by atoms with van der Waals surface area (Å²) in [5, 5.41) is 0.553. The van der Waals surface area contributed by atoms with Crippen molar-refractivity contribution in [3.63, 3.8) is 0 Å². The number of likely N-dealkylation sites (tertiary alicyclic amines) is 1. The number of fused-ring (bicyclic) bond motifs is 1. The van der Waals surface area contributed by atoms with E-state index in [1.807, 2.05) is 24.3 Å². The van der Waals surface area contributed by atoms with Crippen LogP contribution in [0.15, 0.2) is 70.1 Å². The molecule has 134 valence electrons. The summed E-state index contributed by atoms with van der Waals surface area (Å²) < 4.78 is 11.8. The Kier molecular flexibility index (Phi) is 4.76. The molecule has 1 saturated heterocycles. The summed E-state index contributed by atoms with van der Waals surface area (Å²) in [5.74, 6) is 1.12. The number of benzene rings is 2. The lowest BCUT2D eigenvalue weighted by Crippen LogP contribution is -2.36. The molecule has 0 amide bonds. The highest BCUT2D eigenvalue weighted by Crippen LogP contribution is 2.34. The highest BCUT2D eigenvalue weighted by molar-refractivity contribution is 5.77. The van der Waals surface area contributed by atoms with Gasteiger partial charge in [0.2, 0.25) is 0 Å². The molecule has 2 heterocycles. The summed E-state index contributed by atoms with van der Waals surface area (Å²) in [7, 11) is 2.16. The Morgan fingerprint density at radius 1 is 1.15 bits per heavy atom. The first kappa shape index (κ1) is 16.9. The second kappa shape index (κ2) is 7.34. The van der Waals surface area contributed by atoms with Crippen molar-refractivity contribution in [2.24, 2.45) is 5.92 Å². The minimum Gasteiger partial charge on any atom is -0.485 e. The molecule has 1 fully saturated rings. The van der Waals surface area contributed by atoms with Crippen LogP contribution in [0.3, 0.4) is 0 Å². The molecule has 2 atom stereocenters. The van der Waals surface area contributed by atoms with E-state index in [2.05, 4.69) is 24.1 Å². The normalized spacial score (nSPS) is 19.3. The van der Waals surface area contributed by atoms with Gasteiger partial charge in [-0.15, -0.1) is 0 Å². The Balaban J connectivity index is 1.68. The molecule has 0 radical (unpaired) electrons. The van der Waals surface area contributed by atoms with Gasteiger partial charge in [0.15, 0.2) is 5.43 Å². The molecule has 1 aromatic heterocycles. The topological polar surface area (TPSA) is 42.7 Å². The van der Waals surface area contributed by atoms with Crippen molar-refractivity contribution in [2.75, 3.05) is 20.1 Å². The molecule has 3 aromatic rings. The summed E-state index contributed by atoms with van der Waals surface area (Å²) >= 11 is 0. The van der Waals surface area contributed by atoms with Crippen LogP contribution in [0, 0.1) is 5.92 Å². The summed E-state index contributed by atoms with van der Waals surface area (Å²) in [6.45, 7) is 2.14. The molecule has 0 bridgehead atoms. The lowest BCUT2D eigenvalue weighted by Gasteiger charge is -2.35. The maximum Gasteiger partial charge on any atom is 0.192 e. The fourth-order valence-electron chi connectivity index (χ4n) is 3.82. The van der Waals surface area contributed by atoms with Crippen LogP contribution in [-0.2, 0) is 0 Å². The van der Waals surface area contributed by atoms with E-state index in [9.17, 15) is 4.79 Å². The van der Waals surface area contributed by atoms with Crippen molar-refractivity contribution in [3.8, 4) is 5.75 Å². The Morgan fingerprint density at radius 3 is 2.81 bits per heavy atom. The first-order valence-corrected chi connectivity index (χ1v) is 9.12. The molecule has 0 spiro atoms. The van der Waals surface area contributed by atoms with E-state index in [0.717, 1.165) is 19.5 Å². The Bertz CT molecular complexity index is 935. The third-order valence-corrected chi connectivity index (χ3v) is 5.11. The zero-order chi connectivity index (χ0) is 17.9. The van der Waals surface area contributed by atoms with Gasteiger partial charge in [0, 0.05) is 18.5 Å². The summed E-state index contributed by atoms with van der Waals surface area (Å²) in [6, 6.07) is 17.3. The number of hydrogen-bond acceptors (Lipinski definition) is 4. The van der Waals surface area contributed by atoms with E-state index in [1.165, 1.54) is 24.3 Å². The van der Waals surface area contributed by atoms with Gasteiger partial charge >= 0.3 is 0 Å². The summed E-state index contributed by atoms with van der Waals surface area (Å²) in [5.41, 5.74) is 1.71. The Morgan fingerprint density at radius 2 is 2.00 bits per heavy atom. The molecule has 1 aliphatic rings. The zero-order valence-corrected chi connectivity index (χ0v) is 14.9. The highest BCUT2D eigenvalue weighted by atomic mass is 16.5. The smallest absolute Gasteiger partial charge is 0.192 e.